The Morgan fingerprint density at radius 1 is 0.564 bits per heavy atom. The van der Waals surface area contributed by atoms with Gasteiger partial charge in [0.25, 0.3) is 0 Å². The van der Waals surface area contributed by atoms with Gasteiger partial charge in [-0.15, -0.1) is 22.7 Å². The molecule has 0 spiro atoms. The van der Waals surface area contributed by atoms with Crippen molar-refractivity contribution in [2.24, 2.45) is 0 Å². The standard InChI is InChI=1S/C40H35N3S2.2C4H8.C2H6/c1-4-5-27-41(31-15-9-6-10-16-31)39-25-23-37(44-39)38-24-26-40(45-38)43(33-19-13-8-14-20-33)34-21-22-36-35(28-34)29(2)30(3)42(36)32-17-11-7-12-18-32;2*1-3-4-2;1-2/h5-28H,4H2,1-3H3;2*3-4H,1-2H3;1-2H3/b27-5+;2*4-3-;. The van der Waals surface area contributed by atoms with Gasteiger partial charge < -0.3 is 14.4 Å². The van der Waals surface area contributed by atoms with Crippen molar-refractivity contribution in [1.82, 2.24) is 4.57 Å². The highest BCUT2D eigenvalue weighted by Crippen LogP contribution is 2.46. The summed E-state index contributed by atoms with van der Waals surface area (Å²) in [5.41, 5.74) is 8.46. The van der Waals surface area contributed by atoms with Crippen LogP contribution in [0.5, 0.6) is 0 Å². The fourth-order valence-corrected chi connectivity index (χ4v) is 8.00. The number of aromatic nitrogens is 1. The first kappa shape index (κ1) is 42.4. The van der Waals surface area contributed by atoms with Crippen molar-refractivity contribution in [3.63, 3.8) is 0 Å². The first-order valence-corrected chi connectivity index (χ1v) is 21.0. The number of thiophene rings is 2. The Morgan fingerprint density at radius 2 is 1.07 bits per heavy atom. The molecule has 284 valence electrons. The third-order valence-corrected chi connectivity index (χ3v) is 11.2. The summed E-state index contributed by atoms with van der Waals surface area (Å²) in [5, 5.41) is 3.67. The predicted molar refractivity (Wildman–Crippen MR) is 249 cm³/mol. The van der Waals surface area contributed by atoms with Crippen molar-refractivity contribution in [1.29, 1.82) is 0 Å². The normalized spacial score (nSPS) is 10.9. The lowest BCUT2D eigenvalue weighted by molar-refractivity contribution is 1.04. The van der Waals surface area contributed by atoms with Crippen LogP contribution >= 0.6 is 22.7 Å². The summed E-state index contributed by atoms with van der Waals surface area (Å²) in [6, 6.07) is 47.8. The van der Waals surface area contributed by atoms with E-state index in [1.165, 1.54) is 53.3 Å². The zero-order valence-corrected chi connectivity index (χ0v) is 35.7. The van der Waals surface area contributed by atoms with Gasteiger partial charge in [-0.2, -0.15) is 0 Å². The molecular formula is C50H57N3S2. The van der Waals surface area contributed by atoms with Gasteiger partial charge in [-0.3, -0.25) is 0 Å². The second kappa shape index (κ2) is 22.1. The summed E-state index contributed by atoms with van der Waals surface area (Å²) < 4.78 is 2.37. The van der Waals surface area contributed by atoms with Gasteiger partial charge >= 0.3 is 0 Å². The molecule has 0 atom stereocenters. The van der Waals surface area contributed by atoms with Gasteiger partial charge in [-0.1, -0.05) is 106 Å². The monoisotopic (exact) mass is 763 g/mol. The molecule has 0 radical (unpaired) electrons. The maximum atomic E-state index is 2.39. The molecule has 0 aliphatic heterocycles. The van der Waals surface area contributed by atoms with Crippen LogP contribution < -0.4 is 9.80 Å². The van der Waals surface area contributed by atoms with Gasteiger partial charge in [0.05, 0.1) is 5.52 Å². The Kier molecular flexibility index (Phi) is 17.0. The van der Waals surface area contributed by atoms with Crippen LogP contribution in [-0.4, -0.2) is 4.57 Å². The number of para-hydroxylation sites is 3. The average molecular weight is 764 g/mol. The molecule has 0 unspecified atom stereocenters. The maximum absolute atomic E-state index is 2.39. The van der Waals surface area contributed by atoms with Crippen LogP contribution in [0.25, 0.3) is 26.3 Å². The third kappa shape index (κ3) is 10.7. The number of fused-ring (bicyclic) bond motifs is 1. The van der Waals surface area contributed by atoms with Crippen LogP contribution in [0.4, 0.5) is 27.1 Å². The van der Waals surface area contributed by atoms with Crippen LogP contribution in [0.2, 0.25) is 0 Å². The maximum Gasteiger partial charge on any atom is 0.101 e. The number of benzene rings is 4. The molecule has 0 saturated carbocycles. The minimum Gasteiger partial charge on any atom is -0.314 e. The Bertz CT molecular complexity index is 2220. The average Bonchev–Trinajstić information content (AvgIpc) is 3.99. The first-order valence-electron chi connectivity index (χ1n) is 19.3. The van der Waals surface area contributed by atoms with Crippen molar-refractivity contribution in [3.8, 4) is 15.4 Å². The second-order valence-corrected chi connectivity index (χ2v) is 14.5. The van der Waals surface area contributed by atoms with Crippen molar-refractivity contribution < 1.29 is 0 Å². The summed E-state index contributed by atoms with van der Waals surface area (Å²) in [5.74, 6) is 0. The lowest BCUT2D eigenvalue weighted by atomic mass is 10.1. The van der Waals surface area contributed by atoms with Crippen molar-refractivity contribution >= 4 is 60.6 Å². The number of hydrogen-bond acceptors (Lipinski definition) is 4. The van der Waals surface area contributed by atoms with Crippen LogP contribution in [-0.2, 0) is 0 Å². The van der Waals surface area contributed by atoms with E-state index >= 15 is 0 Å². The molecule has 0 saturated heterocycles. The summed E-state index contributed by atoms with van der Waals surface area (Å²) in [4.78, 5) is 7.19. The highest BCUT2D eigenvalue weighted by atomic mass is 32.1. The second-order valence-electron chi connectivity index (χ2n) is 12.4. The molecule has 0 aliphatic carbocycles. The molecule has 0 aliphatic rings. The van der Waals surface area contributed by atoms with Gasteiger partial charge in [0, 0.05) is 49.8 Å². The number of anilines is 5. The van der Waals surface area contributed by atoms with E-state index in [1.807, 2.05) is 88.5 Å². The summed E-state index contributed by atoms with van der Waals surface area (Å²) in [6.07, 6.45) is 13.4. The van der Waals surface area contributed by atoms with Gasteiger partial charge in [0.15, 0.2) is 0 Å². The number of rotatable bonds is 9. The molecule has 0 N–H and O–H groups in total. The predicted octanol–water partition coefficient (Wildman–Crippen LogP) is 16.8. The largest absolute Gasteiger partial charge is 0.314 e. The molecule has 0 amide bonds. The van der Waals surface area contributed by atoms with Crippen LogP contribution in [0, 0.1) is 13.8 Å². The molecule has 3 nitrogen and oxygen atoms in total. The fourth-order valence-electron chi connectivity index (χ4n) is 5.85. The fraction of sp³-hybridized carbons (Fsp3) is 0.200. The highest BCUT2D eigenvalue weighted by Gasteiger charge is 2.20. The quantitative estimate of drug-likeness (QED) is 0.136. The summed E-state index contributed by atoms with van der Waals surface area (Å²) in [6.45, 7) is 18.6. The van der Waals surface area contributed by atoms with Crippen LogP contribution in [0.1, 0.15) is 66.1 Å². The van der Waals surface area contributed by atoms with Crippen molar-refractivity contribution in [2.75, 3.05) is 9.80 Å². The minimum atomic E-state index is 0.993. The number of nitrogens with zero attached hydrogens (tertiary/aromatic N) is 3. The van der Waals surface area contributed by atoms with E-state index in [0.717, 1.165) is 17.8 Å². The molecule has 4 aromatic carbocycles. The SMILES string of the molecule is C/C=C\C.C/C=C\C.CC.CC/C=C/N(c1ccccc1)c1ccc(-c2ccc(N(c3ccccc3)c3ccc4c(c3)c(C)c(C)n4-c3ccccc3)s2)s1. The smallest absolute Gasteiger partial charge is 0.101 e. The molecule has 55 heavy (non-hydrogen) atoms. The number of allylic oxidation sites excluding steroid dienone is 5. The van der Waals surface area contributed by atoms with Gasteiger partial charge in [0.2, 0.25) is 0 Å². The van der Waals surface area contributed by atoms with Gasteiger partial charge in [0.1, 0.15) is 10.0 Å². The summed E-state index contributed by atoms with van der Waals surface area (Å²) in [7, 11) is 0. The molecule has 3 aromatic heterocycles. The molecule has 0 fully saturated rings. The summed E-state index contributed by atoms with van der Waals surface area (Å²) >= 11 is 3.66. The minimum absolute atomic E-state index is 0.993. The Balaban J connectivity index is 0.000000607. The van der Waals surface area contributed by atoms with Crippen LogP contribution in [0.3, 0.4) is 0 Å². The Labute approximate surface area is 338 Å². The first-order chi connectivity index (χ1) is 26.9. The van der Waals surface area contributed by atoms with E-state index in [-0.39, 0.29) is 0 Å². The van der Waals surface area contributed by atoms with E-state index in [4.69, 9.17) is 0 Å². The Morgan fingerprint density at radius 3 is 1.62 bits per heavy atom. The molecule has 0 bridgehead atoms. The molecule has 7 rings (SSSR count). The van der Waals surface area contributed by atoms with E-state index < -0.39 is 0 Å². The van der Waals surface area contributed by atoms with E-state index in [9.17, 15) is 0 Å². The highest BCUT2D eigenvalue weighted by molar-refractivity contribution is 7.25. The Hall–Kier alpha value is -5.36. The lowest BCUT2D eigenvalue weighted by Crippen LogP contribution is -2.08. The van der Waals surface area contributed by atoms with E-state index in [2.05, 4.69) is 181 Å². The van der Waals surface area contributed by atoms with E-state index in [0.29, 0.717) is 0 Å². The number of hydrogen-bond donors (Lipinski definition) is 0. The zero-order valence-electron chi connectivity index (χ0n) is 34.0. The molecule has 3 heterocycles. The van der Waals surface area contributed by atoms with Gasteiger partial charge in [-0.05, 0) is 132 Å². The van der Waals surface area contributed by atoms with Crippen molar-refractivity contribution in [3.05, 3.63) is 181 Å². The third-order valence-electron chi connectivity index (χ3n) is 8.87. The molecular weight excluding hydrogens is 707 g/mol. The van der Waals surface area contributed by atoms with E-state index in [1.54, 1.807) is 0 Å². The van der Waals surface area contributed by atoms with Crippen molar-refractivity contribution in [2.45, 2.75) is 68.7 Å². The topological polar surface area (TPSA) is 11.4 Å². The van der Waals surface area contributed by atoms with Crippen LogP contribution in [0.15, 0.2) is 170 Å². The van der Waals surface area contributed by atoms with Gasteiger partial charge in [-0.25, -0.2) is 0 Å². The molecule has 7 aromatic rings. The lowest BCUT2D eigenvalue weighted by Gasteiger charge is -2.24. The number of aryl methyl sites for hydroxylation is 1. The molecule has 5 heteroatoms. The zero-order chi connectivity index (χ0) is 39.6.